The Morgan fingerprint density at radius 1 is 1.19 bits per heavy atom. The molecule has 0 fully saturated rings. The normalized spacial score (nSPS) is 10.0. The lowest BCUT2D eigenvalue weighted by atomic mass is 10.1. The highest BCUT2D eigenvalue weighted by molar-refractivity contribution is 5.87. The Morgan fingerprint density at radius 2 is 1.86 bits per heavy atom. The number of amides is 2. The fourth-order valence-electron chi connectivity index (χ4n) is 1.62. The van der Waals surface area contributed by atoms with Crippen molar-refractivity contribution < 1.29 is 24.2 Å². The smallest absolute Gasteiger partial charge is 0.323 e. The molecule has 0 aliphatic heterocycles. The Kier molecular flexibility index (Phi) is 5.71. The van der Waals surface area contributed by atoms with Crippen LogP contribution in [0.5, 0.6) is 5.75 Å². The van der Waals surface area contributed by atoms with Gasteiger partial charge in [0.25, 0.3) is 5.91 Å². The molecule has 0 unspecified atom stereocenters. The van der Waals surface area contributed by atoms with Crippen LogP contribution in [0.15, 0.2) is 18.2 Å². The van der Waals surface area contributed by atoms with Crippen molar-refractivity contribution in [2.45, 2.75) is 13.8 Å². The highest BCUT2D eigenvalue weighted by Crippen LogP contribution is 2.16. The molecule has 0 heterocycles. The number of carbonyl (C=O) groups is 3. The lowest BCUT2D eigenvalue weighted by Crippen LogP contribution is -2.43. The van der Waals surface area contributed by atoms with Gasteiger partial charge in [0.2, 0.25) is 5.91 Å². The van der Waals surface area contributed by atoms with Crippen LogP contribution in [-0.2, 0) is 14.4 Å². The van der Waals surface area contributed by atoms with Crippen LogP contribution in [0.1, 0.15) is 11.1 Å². The maximum atomic E-state index is 11.9. The van der Waals surface area contributed by atoms with Crippen LogP contribution in [0.25, 0.3) is 0 Å². The topological polar surface area (TPSA) is 110 Å². The Morgan fingerprint density at radius 3 is 2.38 bits per heavy atom. The zero-order valence-electron chi connectivity index (χ0n) is 12.0. The predicted octanol–water partition coefficient (Wildman–Crippen LogP) is 0.0807. The molecule has 7 heteroatoms. The van der Waals surface area contributed by atoms with Crippen molar-refractivity contribution in [3.8, 4) is 5.75 Å². The molecule has 0 saturated heterocycles. The van der Waals surface area contributed by atoms with E-state index in [1.54, 1.807) is 12.1 Å². The van der Waals surface area contributed by atoms with Crippen molar-refractivity contribution in [2.75, 3.05) is 19.7 Å². The van der Waals surface area contributed by atoms with Crippen LogP contribution >= 0.6 is 0 Å². The van der Waals surface area contributed by atoms with E-state index in [0.717, 1.165) is 16.0 Å². The fourth-order valence-corrected chi connectivity index (χ4v) is 1.62. The van der Waals surface area contributed by atoms with E-state index in [9.17, 15) is 14.4 Å². The summed E-state index contributed by atoms with van der Waals surface area (Å²) in [5.74, 6) is -2.12. The highest BCUT2D eigenvalue weighted by Gasteiger charge is 2.19. The average Bonchev–Trinajstić information content (AvgIpc) is 2.38. The molecule has 2 amide bonds. The molecule has 7 nitrogen and oxygen atoms in total. The minimum absolute atomic E-state index is 0.358. The van der Waals surface area contributed by atoms with Gasteiger partial charge in [0.15, 0.2) is 6.61 Å². The van der Waals surface area contributed by atoms with E-state index >= 15 is 0 Å². The van der Waals surface area contributed by atoms with Crippen LogP contribution < -0.4 is 10.5 Å². The van der Waals surface area contributed by atoms with Gasteiger partial charge in [0.05, 0.1) is 0 Å². The van der Waals surface area contributed by atoms with Crippen molar-refractivity contribution in [3.05, 3.63) is 29.3 Å². The number of carboxylic acid groups (broad SMARTS) is 1. The van der Waals surface area contributed by atoms with Crippen molar-refractivity contribution in [3.63, 3.8) is 0 Å². The summed E-state index contributed by atoms with van der Waals surface area (Å²) >= 11 is 0. The van der Waals surface area contributed by atoms with Gasteiger partial charge >= 0.3 is 5.97 Å². The lowest BCUT2D eigenvalue weighted by molar-refractivity contribution is -0.146. The van der Waals surface area contributed by atoms with E-state index in [4.69, 9.17) is 15.6 Å². The van der Waals surface area contributed by atoms with Crippen LogP contribution in [0.3, 0.4) is 0 Å². The van der Waals surface area contributed by atoms with Gasteiger partial charge in [0.1, 0.15) is 18.8 Å². The van der Waals surface area contributed by atoms with Gasteiger partial charge in [-0.25, -0.2) is 0 Å². The SMILES string of the molecule is Cc1ccc(OCC(=O)N(CC(N)=O)CC(=O)O)cc1C. The molecule has 0 saturated carbocycles. The van der Waals surface area contributed by atoms with Gasteiger partial charge in [-0.1, -0.05) is 6.07 Å². The van der Waals surface area contributed by atoms with Crippen LogP contribution in [0, 0.1) is 13.8 Å². The third-order valence-corrected chi connectivity index (χ3v) is 2.87. The minimum atomic E-state index is -1.23. The summed E-state index contributed by atoms with van der Waals surface area (Å²) in [5.41, 5.74) is 7.09. The van der Waals surface area contributed by atoms with E-state index < -0.39 is 30.9 Å². The Bertz CT molecular complexity index is 540. The van der Waals surface area contributed by atoms with Gasteiger partial charge in [-0.2, -0.15) is 0 Å². The summed E-state index contributed by atoms with van der Waals surface area (Å²) < 4.78 is 5.31. The average molecular weight is 294 g/mol. The second-order valence-corrected chi connectivity index (χ2v) is 4.64. The zero-order valence-corrected chi connectivity index (χ0v) is 12.0. The minimum Gasteiger partial charge on any atom is -0.484 e. The molecule has 0 spiro atoms. The molecule has 0 aromatic heterocycles. The maximum Gasteiger partial charge on any atom is 0.323 e. The molecular weight excluding hydrogens is 276 g/mol. The molecule has 21 heavy (non-hydrogen) atoms. The van der Waals surface area contributed by atoms with E-state index in [0.29, 0.717) is 5.75 Å². The summed E-state index contributed by atoms with van der Waals surface area (Å²) in [6.07, 6.45) is 0. The number of nitrogens with two attached hydrogens (primary N) is 1. The van der Waals surface area contributed by atoms with Crippen LogP contribution in [0.4, 0.5) is 0 Å². The fraction of sp³-hybridized carbons (Fsp3) is 0.357. The number of carboxylic acids is 1. The summed E-state index contributed by atoms with van der Waals surface area (Å²) in [6, 6.07) is 5.34. The molecule has 0 aliphatic carbocycles. The monoisotopic (exact) mass is 294 g/mol. The molecular formula is C14H18N2O5. The van der Waals surface area contributed by atoms with Crippen molar-refractivity contribution in [2.24, 2.45) is 5.73 Å². The maximum absolute atomic E-state index is 11.9. The largest absolute Gasteiger partial charge is 0.484 e. The Labute approximate surface area is 122 Å². The standard InChI is InChI=1S/C14H18N2O5/c1-9-3-4-11(5-10(9)2)21-8-13(18)16(6-12(15)17)7-14(19)20/h3-5H,6-8H2,1-2H3,(H2,15,17)(H,19,20). The quantitative estimate of drug-likeness (QED) is 0.740. The first-order chi connectivity index (χ1) is 9.79. The molecule has 1 rings (SSSR count). The number of hydrogen-bond acceptors (Lipinski definition) is 4. The third kappa shape index (κ3) is 5.52. The first-order valence-corrected chi connectivity index (χ1v) is 6.27. The summed E-state index contributed by atoms with van der Waals surface area (Å²) in [7, 11) is 0. The van der Waals surface area contributed by atoms with Crippen LogP contribution in [0.2, 0.25) is 0 Å². The molecule has 114 valence electrons. The molecule has 0 bridgehead atoms. The molecule has 3 N–H and O–H groups in total. The van der Waals surface area contributed by atoms with Gasteiger partial charge in [-0.15, -0.1) is 0 Å². The molecule has 0 atom stereocenters. The van der Waals surface area contributed by atoms with Gasteiger partial charge in [-0.05, 0) is 37.1 Å². The second kappa shape index (κ2) is 7.28. The zero-order chi connectivity index (χ0) is 16.0. The number of benzene rings is 1. The van der Waals surface area contributed by atoms with E-state index in [-0.39, 0.29) is 6.61 Å². The van der Waals surface area contributed by atoms with E-state index in [2.05, 4.69) is 0 Å². The predicted molar refractivity (Wildman–Crippen MR) is 74.8 cm³/mol. The van der Waals surface area contributed by atoms with E-state index in [1.165, 1.54) is 0 Å². The number of aryl methyl sites for hydroxylation is 2. The Hall–Kier alpha value is -2.57. The lowest BCUT2D eigenvalue weighted by Gasteiger charge is -2.19. The van der Waals surface area contributed by atoms with Crippen molar-refractivity contribution in [1.29, 1.82) is 0 Å². The van der Waals surface area contributed by atoms with E-state index in [1.807, 2.05) is 19.9 Å². The first kappa shape index (κ1) is 16.5. The summed E-state index contributed by atoms with van der Waals surface area (Å²) in [5, 5.41) is 8.71. The van der Waals surface area contributed by atoms with Crippen LogP contribution in [-0.4, -0.2) is 47.5 Å². The molecule has 0 aliphatic rings. The number of hydrogen-bond donors (Lipinski definition) is 2. The number of primary amides is 1. The van der Waals surface area contributed by atoms with Gasteiger partial charge in [-0.3, -0.25) is 14.4 Å². The summed E-state index contributed by atoms with van der Waals surface area (Å²) in [6.45, 7) is 2.45. The number of nitrogens with zero attached hydrogens (tertiary/aromatic N) is 1. The number of aliphatic carboxylic acids is 1. The highest BCUT2D eigenvalue weighted by atomic mass is 16.5. The third-order valence-electron chi connectivity index (χ3n) is 2.87. The first-order valence-electron chi connectivity index (χ1n) is 6.27. The second-order valence-electron chi connectivity index (χ2n) is 4.64. The van der Waals surface area contributed by atoms with Crippen molar-refractivity contribution >= 4 is 17.8 Å². The number of ether oxygens (including phenoxy) is 1. The Balaban J connectivity index is 2.65. The molecule has 0 radical (unpaired) electrons. The molecule has 1 aromatic rings. The molecule has 1 aromatic carbocycles. The summed E-state index contributed by atoms with van der Waals surface area (Å²) in [4.78, 5) is 34.2. The number of rotatable bonds is 7. The van der Waals surface area contributed by atoms with Crippen molar-refractivity contribution in [1.82, 2.24) is 4.90 Å². The van der Waals surface area contributed by atoms with Gasteiger partial charge in [0, 0.05) is 0 Å². The number of carbonyl (C=O) groups excluding carboxylic acids is 2. The van der Waals surface area contributed by atoms with Gasteiger partial charge < -0.3 is 20.5 Å².